The SMILES string of the molecule is CS(=O)(=O)CCS(=O)(=O)N[C@@H](Cc1cnc[nH]1)C(=O)O. The molecule has 11 heteroatoms. The molecule has 0 unspecified atom stereocenters. The van der Waals surface area contributed by atoms with E-state index in [1.165, 1.54) is 12.5 Å². The number of sulfone groups is 1. The molecule has 9 nitrogen and oxygen atoms in total. The van der Waals surface area contributed by atoms with Gasteiger partial charge in [0.1, 0.15) is 15.9 Å². The molecule has 1 aromatic rings. The standard InChI is InChI=1S/C9H15N3O6S2/c1-19(15,16)2-3-20(17,18)12-8(9(13)14)4-7-5-10-6-11-7/h5-6,8,12H,2-4H2,1H3,(H,10,11)(H,13,14)/t8-/m0/s1. The largest absolute Gasteiger partial charge is 0.480 e. The van der Waals surface area contributed by atoms with E-state index in [1.807, 2.05) is 4.72 Å². The Labute approximate surface area is 116 Å². The molecule has 20 heavy (non-hydrogen) atoms. The Bertz CT molecular complexity index is 650. The van der Waals surface area contributed by atoms with Crippen LogP contribution in [0.4, 0.5) is 0 Å². The summed E-state index contributed by atoms with van der Waals surface area (Å²) in [5.41, 5.74) is 0.447. The van der Waals surface area contributed by atoms with Crippen LogP contribution in [0.15, 0.2) is 12.5 Å². The Hall–Kier alpha value is -1.46. The zero-order valence-electron chi connectivity index (χ0n) is 10.6. The van der Waals surface area contributed by atoms with Gasteiger partial charge < -0.3 is 10.1 Å². The zero-order valence-corrected chi connectivity index (χ0v) is 12.2. The zero-order chi connectivity index (χ0) is 15.4. The molecule has 0 saturated heterocycles. The molecule has 114 valence electrons. The summed E-state index contributed by atoms with van der Waals surface area (Å²) in [5, 5.41) is 8.98. The molecule has 0 aliphatic rings. The highest BCUT2D eigenvalue weighted by atomic mass is 32.2. The van der Waals surface area contributed by atoms with E-state index in [-0.39, 0.29) is 6.42 Å². The first-order valence-electron chi connectivity index (χ1n) is 5.47. The number of aromatic nitrogens is 2. The number of carboxylic acids is 1. The number of imidazole rings is 1. The van der Waals surface area contributed by atoms with Crippen LogP contribution in [-0.4, -0.2) is 61.7 Å². The third kappa shape index (κ3) is 6.12. The molecule has 0 aromatic carbocycles. The lowest BCUT2D eigenvalue weighted by molar-refractivity contribution is -0.138. The van der Waals surface area contributed by atoms with Crippen LogP contribution in [0.25, 0.3) is 0 Å². The molecule has 0 aliphatic heterocycles. The fraction of sp³-hybridized carbons (Fsp3) is 0.556. The number of nitrogens with one attached hydrogen (secondary N) is 2. The number of hydrogen-bond acceptors (Lipinski definition) is 6. The smallest absolute Gasteiger partial charge is 0.322 e. The molecule has 1 atom stereocenters. The van der Waals surface area contributed by atoms with E-state index in [4.69, 9.17) is 5.11 Å². The lowest BCUT2D eigenvalue weighted by atomic mass is 10.2. The van der Waals surface area contributed by atoms with Gasteiger partial charge in [0, 0.05) is 24.6 Å². The van der Waals surface area contributed by atoms with Crippen molar-refractivity contribution in [1.82, 2.24) is 14.7 Å². The minimum atomic E-state index is -4.01. The van der Waals surface area contributed by atoms with Crippen LogP contribution < -0.4 is 4.72 Å². The molecule has 1 heterocycles. The quantitative estimate of drug-likeness (QED) is 0.520. The van der Waals surface area contributed by atoms with Crippen molar-refractivity contribution < 1.29 is 26.7 Å². The van der Waals surface area contributed by atoms with Crippen LogP contribution in [0, 0.1) is 0 Å². The van der Waals surface area contributed by atoms with Gasteiger partial charge in [0.05, 0.1) is 17.8 Å². The van der Waals surface area contributed by atoms with Gasteiger partial charge in [-0.25, -0.2) is 26.5 Å². The fourth-order valence-corrected chi connectivity index (χ4v) is 4.16. The summed E-state index contributed by atoms with van der Waals surface area (Å²) in [5.74, 6) is -2.61. The number of rotatable bonds is 8. The highest BCUT2D eigenvalue weighted by molar-refractivity contribution is 7.93. The van der Waals surface area contributed by atoms with E-state index in [0.717, 1.165) is 6.26 Å². The van der Waals surface area contributed by atoms with Crippen LogP contribution in [0.1, 0.15) is 5.69 Å². The Morgan fingerprint density at radius 2 is 2.05 bits per heavy atom. The molecule has 0 spiro atoms. The van der Waals surface area contributed by atoms with E-state index in [0.29, 0.717) is 5.69 Å². The molecular formula is C9H15N3O6S2. The molecule has 0 aliphatic carbocycles. The van der Waals surface area contributed by atoms with Gasteiger partial charge in [0.15, 0.2) is 0 Å². The van der Waals surface area contributed by atoms with E-state index >= 15 is 0 Å². The maximum Gasteiger partial charge on any atom is 0.322 e. The summed E-state index contributed by atoms with van der Waals surface area (Å²) in [6.45, 7) is 0. The van der Waals surface area contributed by atoms with Crippen molar-refractivity contribution in [2.45, 2.75) is 12.5 Å². The third-order valence-electron chi connectivity index (χ3n) is 2.32. The van der Waals surface area contributed by atoms with Gasteiger partial charge in [-0.15, -0.1) is 0 Å². The second-order valence-electron chi connectivity index (χ2n) is 4.24. The number of nitrogens with zero attached hydrogens (tertiary/aromatic N) is 1. The van der Waals surface area contributed by atoms with E-state index in [2.05, 4.69) is 9.97 Å². The van der Waals surface area contributed by atoms with Crippen molar-refractivity contribution in [3.63, 3.8) is 0 Å². The summed E-state index contributed by atoms with van der Waals surface area (Å²) in [4.78, 5) is 17.4. The van der Waals surface area contributed by atoms with E-state index in [9.17, 15) is 21.6 Å². The minimum Gasteiger partial charge on any atom is -0.480 e. The monoisotopic (exact) mass is 325 g/mol. The van der Waals surface area contributed by atoms with Crippen molar-refractivity contribution >= 4 is 25.8 Å². The lowest BCUT2D eigenvalue weighted by Gasteiger charge is -2.13. The van der Waals surface area contributed by atoms with Crippen LogP contribution >= 0.6 is 0 Å². The van der Waals surface area contributed by atoms with Gasteiger partial charge in [-0.3, -0.25) is 4.79 Å². The molecule has 0 fully saturated rings. The normalized spacial score (nSPS) is 14.1. The third-order valence-corrected chi connectivity index (χ3v) is 4.91. The van der Waals surface area contributed by atoms with Crippen LogP contribution in [0.2, 0.25) is 0 Å². The molecular weight excluding hydrogens is 310 g/mol. The maximum atomic E-state index is 11.7. The number of carbonyl (C=O) groups is 1. The summed E-state index contributed by atoms with van der Waals surface area (Å²) in [6, 6.07) is -1.39. The number of aromatic amines is 1. The first kappa shape index (κ1) is 16.6. The molecule has 0 radical (unpaired) electrons. The second-order valence-corrected chi connectivity index (χ2v) is 8.37. The molecule has 3 N–H and O–H groups in total. The van der Waals surface area contributed by atoms with Crippen LogP contribution in [0.5, 0.6) is 0 Å². The molecule has 0 bridgehead atoms. The highest BCUT2D eigenvalue weighted by Crippen LogP contribution is 2.01. The van der Waals surface area contributed by atoms with Crippen LogP contribution in [-0.2, 0) is 31.1 Å². The predicted octanol–water partition coefficient (Wildman–Crippen LogP) is -1.63. The van der Waals surface area contributed by atoms with Crippen molar-refractivity contribution in [2.75, 3.05) is 17.8 Å². The average molecular weight is 325 g/mol. The predicted molar refractivity (Wildman–Crippen MR) is 70.3 cm³/mol. The summed E-state index contributed by atoms with van der Waals surface area (Å²) in [6.07, 6.45) is 3.50. The summed E-state index contributed by atoms with van der Waals surface area (Å²) in [7, 11) is -7.45. The van der Waals surface area contributed by atoms with E-state index < -0.39 is 43.4 Å². The highest BCUT2D eigenvalue weighted by Gasteiger charge is 2.25. The van der Waals surface area contributed by atoms with Crippen LogP contribution in [0.3, 0.4) is 0 Å². The van der Waals surface area contributed by atoms with Crippen molar-refractivity contribution in [3.8, 4) is 0 Å². The first-order valence-corrected chi connectivity index (χ1v) is 9.18. The summed E-state index contributed by atoms with van der Waals surface area (Å²) >= 11 is 0. The lowest BCUT2D eigenvalue weighted by Crippen LogP contribution is -2.44. The molecule has 1 rings (SSSR count). The molecule has 0 saturated carbocycles. The number of sulfonamides is 1. The Kier molecular flexibility index (Phi) is 5.25. The molecule has 1 aromatic heterocycles. The maximum absolute atomic E-state index is 11.7. The number of aliphatic carboxylic acids is 1. The Balaban J connectivity index is 2.72. The molecule has 0 amide bonds. The van der Waals surface area contributed by atoms with Gasteiger partial charge in [-0.05, 0) is 0 Å². The number of hydrogen-bond donors (Lipinski definition) is 3. The van der Waals surface area contributed by atoms with Crippen molar-refractivity contribution in [2.24, 2.45) is 0 Å². The van der Waals surface area contributed by atoms with Gasteiger partial charge in [0.2, 0.25) is 10.0 Å². The first-order chi connectivity index (χ1) is 9.09. The number of H-pyrrole nitrogens is 1. The topological polar surface area (TPSA) is 146 Å². The average Bonchev–Trinajstić information content (AvgIpc) is 2.77. The van der Waals surface area contributed by atoms with Gasteiger partial charge in [-0.1, -0.05) is 0 Å². The van der Waals surface area contributed by atoms with Crippen molar-refractivity contribution in [3.05, 3.63) is 18.2 Å². The van der Waals surface area contributed by atoms with Crippen molar-refractivity contribution in [1.29, 1.82) is 0 Å². The van der Waals surface area contributed by atoms with Gasteiger partial charge in [-0.2, -0.15) is 0 Å². The Morgan fingerprint density at radius 1 is 1.40 bits per heavy atom. The summed E-state index contributed by atoms with van der Waals surface area (Å²) < 4.78 is 47.1. The van der Waals surface area contributed by atoms with E-state index in [1.54, 1.807) is 0 Å². The van der Waals surface area contributed by atoms with Gasteiger partial charge in [0.25, 0.3) is 0 Å². The fourth-order valence-electron chi connectivity index (χ4n) is 1.33. The Morgan fingerprint density at radius 3 is 2.50 bits per heavy atom. The minimum absolute atomic E-state index is 0.118. The van der Waals surface area contributed by atoms with Gasteiger partial charge >= 0.3 is 5.97 Å². The number of carboxylic acid groups (broad SMARTS) is 1. The second kappa shape index (κ2) is 6.33.